The summed E-state index contributed by atoms with van der Waals surface area (Å²) in [6, 6.07) is 8.03. The zero-order valence-corrected chi connectivity index (χ0v) is 15.0. The third-order valence-corrected chi connectivity index (χ3v) is 3.57. The van der Waals surface area contributed by atoms with Crippen LogP contribution in [0.15, 0.2) is 24.3 Å². The Morgan fingerprint density at radius 2 is 1.78 bits per heavy atom. The van der Waals surface area contributed by atoms with Crippen molar-refractivity contribution in [1.29, 1.82) is 0 Å². The molecule has 0 amide bonds. The predicted octanol–water partition coefficient (Wildman–Crippen LogP) is 3.09. The molecule has 1 atom stereocenters. The third-order valence-electron chi connectivity index (χ3n) is 3.57. The summed E-state index contributed by atoms with van der Waals surface area (Å²) in [5, 5.41) is 3.09. The largest absolute Gasteiger partial charge is 0.468 e. The van der Waals surface area contributed by atoms with Gasteiger partial charge in [0.2, 0.25) is 0 Å². The zero-order chi connectivity index (χ0) is 17.5. The van der Waals surface area contributed by atoms with E-state index in [1.165, 1.54) is 12.7 Å². The zero-order valence-electron chi connectivity index (χ0n) is 15.0. The number of carbonyl (C=O) groups excluding carboxylic acids is 1. The van der Waals surface area contributed by atoms with E-state index in [0.717, 1.165) is 5.75 Å². The van der Waals surface area contributed by atoms with Crippen LogP contribution < -0.4 is 10.1 Å². The number of nitrogens with one attached hydrogen (secondary N) is 1. The maximum atomic E-state index is 11.5. The summed E-state index contributed by atoms with van der Waals surface area (Å²) in [7, 11) is 1.38. The summed E-state index contributed by atoms with van der Waals surface area (Å²) in [6.07, 6.45) is -0.358. The Labute approximate surface area is 139 Å². The lowest BCUT2D eigenvalue weighted by atomic mass is 10.0. The van der Waals surface area contributed by atoms with Crippen LogP contribution in [0.25, 0.3) is 0 Å². The Bertz CT molecular complexity index is 482. The minimum Gasteiger partial charge on any atom is -0.468 e. The van der Waals surface area contributed by atoms with E-state index in [4.69, 9.17) is 14.2 Å². The molecular formula is C18H29NO4. The van der Waals surface area contributed by atoms with Gasteiger partial charge in [0.25, 0.3) is 0 Å². The standard InChI is InChI=1S/C18H29NO4/c1-13(2)15-7-9-16(10-8-15)23-14(3)22-12-11-19-18(4,5)17(20)21-6/h7-10,13-14,19H,11-12H2,1-6H3. The minimum absolute atomic E-state index is 0.299. The van der Waals surface area contributed by atoms with Crippen LogP contribution in [-0.2, 0) is 14.3 Å². The SMILES string of the molecule is COC(=O)C(C)(C)NCCOC(C)Oc1ccc(C(C)C)cc1. The van der Waals surface area contributed by atoms with Crippen molar-refractivity contribution in [2.45, 2.75) is 52.4 Å². The van der Waals surface area contributed by atoms with E-state index in [0.29, 0.717) is 19.1 Å². The van der Waals surface area contributed by atoms with Gasteiger partial charge in [-0.2, -0.15) is 0 Å². The molecule has 130 valence electrons. The summed E-state index contributed by atoms with van der Waals surface area (Å²) in [5.41, 5.74) is 0.551. The first kappa shape index (κ1) is 19.5. The molecule has 1 rings (SSSR count). The topological polar surface area (TPSA) is 56.8 Å². The molecule has 0 radical (unpaired) electrons. The molecule has 1 aromatic carbocycles. The maximum absolute atomic E-state index is 11.5. The minimum atomic E-state index is -0.727. The highest BCUT2D eigenvalue weighted by atomic mass is 16.7. The molecule has 1 N–H and O–H groups in total. The van der Waals surface area contributed by atoms with Crippen LogP contribution >= 0.6 is 0 Å². The maximum Gasteiger partial charge on any atom is 0.325 e. The second-order valence-corrected chi connectivity index (χ2v) is 6.32. The molecule has 0 aliphatic heterocycles. The fourth-order valence-corrected chi connectivity index (χ4v) is 2.07. The van der Waals surface area contributed by atoms with Gasteiger partial charge in [0.05, 0.1) is 13.7 Å². The Kier molecular flexibility index (Phi) is 7.52. The predicted molar refractivity (Wildman–Crippen MR) is 90.7 cm³/mol. The van der Waals surface area contributed by atoms with Crippen LogP contribution in [0, 0.1) is 0 Å². The van der Waals surface area contributed by atoms with Crippen LogP contribution in [0.5, 0.6) is 5.75 Å². The van der Waals surface area contributed by atoms with Crippen LogP contribution in [-0.4, -0.2) is 38.1 Å². The number of methoxy groups -OCH3 is 1. The number of hydrogen-bond acceptors (Lipinski definition) is 5. The van der Waals surface area contributed by atoms with Crippen LogP contribution in [0.3, 0.4) is 0 Å². The molecule has 0 aromatic heterocycles. The van der Waals surface area contributed by atoms with Gasteiger partial charge in [-0.25, -0.2) is 0 Å². The van der Waals surface area contributed by atoms with Gasteiger partial charge in [0.1, 0.15) is 11.3 Å². The number of carbonyl (C=O) groups is 1. The molecule has 0 aliphatic rings. The lowest BCUT2D eigenvalue weighted by Crippen LogP contribution is -2.48. The first-order valence-corrected chi connectivity index (χ1v) is 7.98. The second-order valence-electron chi connectivity index (χ2n) is 6.32. The molecular weight excluding hydrogens is 294 g/mol. The first-order valence-electron chi connectivity index (χ1n) is 7.98. The monoisotopic (exact) mass is 323 g/mol. The van der Waals surface area contributed by atoms with Gasteiger partial charge in [-0.05, 0) is 44.4 Å². The molecule has 5 heteroatoms. The lowest BCUT2D eigenvalue weighted by molar-refractivity contribution is -0.147. The van der Waals surface area contributed by atoms with E-state index in [1.54, 1.807) is 13.8 Å². The average molecular weight is 323 g/mol. The smallest absolute Gasteiger partial charge is 0.325 e. The van der Waals surface area contributed by atoms with Crippen molar-refractivity contribution in [2.24, 2.45) is 0 Å². The van der Waals surface area contributed by atoms with E-state index in [1.807, 2.05) is 19.1 Å². The average Bonchev–Trinajstić information content (AvgIpc) is 2.51. The fraction of sp³-hybridized carbons (Fsp3) is 0.611. The first-order chi connectivity index (χ1) is 10.8. The number of rotatable bonds is 9. The van der Waals surface area contributed by atoms with Gasteiger partial charge in [0, 0.05) is 6.54 Å². The van der Waals surface area contributed by atoms with Crippen molar-refractivity contribution in [3.63, 3.8) is 0 Å². The van der Waals surface area contributed by atoms with E-state index >= 15 is 0 Å². The summed E-state index contributed by atoms with van der Waals surface area (Å²) >= 11 is 0. The number of esters is 1. The number of benzene rings is 1. The van der Waals surface area contributed by atoms with E-state index in [2.05, 4.69) is 31.3 Å². The Morgan fingerprint density at radius 1 is 1.17 bits per heavy atom. The second kappa shape index (κ2) is 8.89. The molecule has 0 bridgehead atoms. The normalized spacial score (nSPS) is 13.0. The summed E-state index contributed by atoms with van der Waals surface area (Å²) in [6.45, 7) is 10.7. The van der Waals surface area contributed by atoms with Gasteiger partial charge in [-0.1, -0.05) is 26.0 Å². The van der Waals surface area contributed by atoms with Gasteiger partial charge in [-0.15, -0.1) is 0 Å². The van der Waals surface area contributed by atoms with Crippen LogP contribution in [0.2, 0.25) is 0 Å². The fourth-order valence-electron chi connectivity index (χ4n) is 2.07. The van der Waals surface area contributed by atoms with Crippen molar-refractivity contribution in [1.82, 2.24) is 5.32 Å². The molecule has 23 heavy (non-hydrogen) atoms. The Balaban J connectivity index is 2.32. The van der Waals surface area contributed by atoms with Crippen molar-refractivity contribution >= 4 is 5.97 Å². The van der Waals surface area contributed by atoms with Gasteiger partial charge >= 0.3 is 5.97 Å². The van der Waals surface area contributed by atoms with E-state index in [-0.39, 0.29) is 12.3 Å². The third kappa shape index (κ3) is 6.59. The van der Waals surface area contributed by atoms with Crippen LogP contribution in [0.1, 0.15) is 46.1 Å². The van der Waals surface area contributed by atoms with E-state index in [9.17, 15) is 4.79 Å². The molecule has 1 aromatic rings. The van der Waals surface area contributed by atoms with E-state index < -0.39 is 5.54 Å². The van der Waals surface area contributed by atoms with Gasteiger partial charge < -0.3 is 19.5 Å². The van der Waals surface area contributed by atoms with Crippen molar-refractivity contribution in [3.8, 4) is 5.75 Å². The van der Waals surface area contributed by atoms with Crippen LogP contribution in [0.4, 0.5) is 0 Å². The van der Waals surface area contributed by atoms with Crippen molar-refractivity contribution in [3.05, 3.63) is 29.8 Å². The van der Waals surface area contributed by atoms with Crippen molar-refractivity contribution < 1.29 is 19.0 Å². The molecule has 0 saturated heterocycles. The van der Waals surface area contributed by atoms with Gasteiger partial charge in [-0.3, -0.25) is 4.79 Å². The molecule has 0 fully saturated rings. The number of ether oxygens (including phenoxy) is 3. The molecule has 0 spiro atoms. The Morgan fingerprint density at radius 3 is 2.30 bits per heavy atom. The Hall–Kier alpha value is -1.59. The summed E-state index contributed by atoms with van der Waals surface area (Å²) < 4.78 is 16.0. The number of hydrogen-bond donors (Lipinski definition) is 1. The van der Waals surface area contributed by atoms with Crippen molar-refractivity contribution in [2.75, 3.05) is 20.3 Å². The lowest BCUT2D eigenvalue weighted by Gasteiger charge is -2.23. The highest BCUT2D eigenvalue weighted by molar-refractivity contribution is 5.79. The molecule has 1 unspecified atom stereocenters. The molecule has 0 heterocycles. The summed E-state index contributed by atoms with van der Waals surface area (Å²) in [4.78, 5) is 11.5. The highest BCUT2D eigenvalue weighted by Gasteiger charge is 2.27. The van der Waals surface area contributed by atoms with Gasteiger partial charge in [0.15, 0.2) is 6.29 Å². The highest BCUT2D eigenvalue weighted by Crippen LogP contribution is 2.19. The molecule has 0 aliphatic carbocycles. The molecule has 0 saturated carbocycles. The molecule has 5 nitrogen and oxygen atoms in total. The quantitative estimate of drug-likeness (QED) is 0.430. The summed E-state index contributed by atoms with van der Waals surface area (Å²) in [5.74, 6) is 0.985.